The van der Waals surface area contributed by atoms with Crippen LogP contribution >= 0.6 is 0 Å². The van der Waals surface area contributed by atoms with E-state index in [9.17, 15) is 0 Å². The molecule has 0 saturated carbocycles. The number of hydrogen-bond acceptors (Lipinski definition) is 4. The summed E-state index contributed by atoms with van der Waals surface area (Å²) in [6.45, 7) is 4.50. The highest BCUT2D eigenvalue weighted by Gasteiger charge is 2.20. The van der Waals surface area contributed by atoms with Crippen molar-refractivity contribution < 1.29 is 0 Å². The van der Waals surface area contributed by atoms with Crippen LogP contribution in [0.15, 0.2) is 42.7 Å². The van der Waals surface area contributed by atoms with Crippen LogP contribution in [0.5, 0.6) is 0 Å². The Balaban J connectivity index is 1.32. The third-order valence-electron chi connectivity index (χ3n) is 4.43. The molecule has 0 bridgehead atoms. The molecule has 1 atom stereocenters. The molecule has 4 rings (SSSR count). The summed E-state index contributed by atoms with van der Waals surface area (Å²) in [5.74, 6) is 1.98. The minimum atomic E-state index is 0.441. The van der Waals surface area contributed by atoms with E-state index < -0.39 is 0 Å². The summed E-state index contributed by atoms with van der Waals surface area (Å²) in [4.78, 5) is 4.46. The van der Waals surface area contributed by atoms with Crippen LogP contribution < -0.4 is 5.32 Å². The van der Waals surface area contributed by atoms with Crippen molar-refractivity contribution >= 4 is 0 Å². The number of nitrogens with zero attached hydrogens (tertiary/aromatic N) is 5. The molecule has 6 nitrogen and oxygen atoms in total. The number of fused-ring (bicyclic) bond motifs is 1. The number of hydrogen-bond donors (Lipinski definition) is 1. The third-order valence-corrected chi connectivity index (χ3v) is 4.43. The lowest BCUT2D eigenvalue weighted by Crippen LogP contribution is -2.37. The first-order valence-electron chi connectivity index (χ1n) is 8.45. The molecule has 0 radical (unpaired) electrons. The van der Waals surface area contributed by atoms with Crippen molar-refractivity contribution in [2.45, 2.75) is 45.4 Å². The van der Waals surface area contributed by atoms with E-state index in [1.165, 1.54) is 11.1 Å². The molecule has 124 valence electrons. The molecule has 1 aliphatic heterocycles. The smallest absolute Gasteiger partial charge is 0.147 e. The normalized spacial score (nSPS) is 17.0. The zero-order chi connectivity index (χ0) is 16.4. The second kappa shape index (κ2) is 6.57. The average Bonchev–Trinajstić information content (AvgIpc) is 3.18. The summed E-state index contributed by atoms with van der Waals surface area (Å²) in [5, 5.41) is 12.5. The molecule has 1 aliphatic rings. The number of aryl methyl sites for hydroxylation is 2. The van der Waals surface area contributed by atoms with Gasteiger partial charge >= 0.3 is 0 Å². The van der Waals surface area contributed by atoms with Crippen molar-refractivity contribution in [2.24, 2.45) is 0 Å². The molecule has 0 amide bonds. The van der Waals surface area contributed by atoms with Gasteiger partial charge in [-0.05, 0) is 18.9 Å². The van der Waals surface area contributed by atoms with Crippen LogP contribution in [0, 0.1) is 6.92 Å². The number of nitrogens with one attached hydrogen (secondary N) is 1. The van der Waals surface area contributed by atoms with Gasteiger partial charge in [0.15, 0.2) is 0 Å². The Bertz CT molecular complexity index is 804. The second-order valence-electron chi connectivity index (χ2n) is 6.41. The first-order chi connectivity index (χ1) is 11.8. The van der Waals surface area contributed by atoms with E-state index in [4.69, 9.17) is 0 Å². The van der Waals surface area contributed by atoms with Crippen LogP contribution in [0.4, 0.5) is 0 Å². The van der Waals surface area contributed by atoms with Gasteiger partial charge in [0.25, 0.3) is 0 Å². The monoisotopic (exact) mass is 322 g/mol. The Morgan fingerprint density at radius 1 is 1.21 bits per heavy atom. The molecule has 1 N–H and O–H groups in total. The van der Waals surface area contributed by atoms with E-state index in [0.717, 1.165) is 44.1 Å². The summed E-state index contributed by atoms with van der Waals surface area (Å²) in [7, 11) is 0. The van der Waals surface area contributed by atoms with Crippen molar-refractivity contribution in [2.75, 3.05) is 0 Å². The summed E-state index contributed by atoms with van der Waals surface area (Å²) >= 11 is 0. The highest BCUT2D eigenvalue weighted by Crippen LogP contribution is 2.13. The zero-order valence-electron chi connectivity index (χ0n) is 13.9. The maximum absolute atomic E-state index is 4.46. The van der Waals surface area contributed by atoms with Gasteiger partial charge in [-0.3, -0.25) is 4.68 Å². The maximum atomic E-state index is 4.46. The van der Waals surface area contributed by atoms with Crippen LogP contribution in [0.25, 0.3) is 0 Å². The quantitative estimate of drug-likeness (QED) is 0.780. The van der Waals surface area contributed by atoms with E-state index in [2.05, 4.69) is 51.0 Å². The minimum absolute atomic E-state index is 0.441. The molecule has 6 heteroatoms. The van der Waals surface area contributed by atoms with Crippen LogP contribution in [0.1, 0.15) is 29.2 Å². The molecule has 0 saturated heterocycles. The van der Waals surface area contributed by atoms with Crippen LogP contribution in [0.2, 0.25) is 0 Å². The lowest BCUT2D eigenvalue weighted by atomic mass is 10.1. The Kier molecular flexibility index (Phi) is 4.13. The predicted molar refractivity (Wildman–Crippen MR) is 91.5 cm³/mol. The van der Waals surface area contributed by atoms with Crippen molar-refractivity contribution in [1.29, 1.82) is 0 Å². The second-order valence-corrected chi connectivity index (χ2v) is 6.41. The summed E-state index contributed by atoms with van der Waals surface area (Å²) in [6, 6.07) is 10.8. The Morgan fingerprint density at radius 3 is 2.96 bits per heavy atom. The third kappa shape index (κ3) is 3.38. The molecule has 0 unspecified atom stereocenters. The molecule has 0 fully saturated rings. The van der Waals surface area contributed by atoms with Gasteiger partial charge in [-0.1, -0.05) is 30.3 Å². The van der Waals surface area contributed by atoms with Crippen molar-refractivity contribution in [3.05, 3.63) is 65.5 Å². The highest BCUT2D eigenvalue weighted by atomic mass is 15.4. The van der Waals surface area contributed by atoms with E-state index >= 15 is 0 Å². The topological polar surface area (TPSA) is 60.6 Å². The summed E-state index contributed by atoms with van der Waals surface area (Å²) < 4.78 is 4.03. The van der Waals surface area contributed by atoms with Crippen LogP contribution in [-0.4, -0.2) is 30.6 Å². The van der Waals surface area contributed by atoms with Crippen molar-refractivity contribution in [3.8, 4) is 0 Å². The maximum Gasteiger partial charge on any atom is 0.147 e. The molecule has 2 aromatic heterocycles. The minimum Gasteiger partial charge on any atom is -0.308 e. The van der Waals surface area contributed by atoms with Crippen LogP contribution in [0.3, 0.4) is 0 Å². The van der Waals surface area contributed by atoms with Gasteiger partial charge in [-0.25, -0.2) is 9.67 Å². The largest absolute Gasteiger partial charge is 0.308 e. The Morgan fingerprint density at radius 2 is 2.08 bits per heavy atom. The molecule has 0 aliphatic carbocycles. The van der Waals surface area contributed by atoms with Gasteiger partial charge in [-0.15, -0.1) is 0 Å². The zero-order valence-corrected chi connectivity index (χ0v) is 13.9. The van der Waals surface area contributed by atoms with E-state index in [0.29, 0.717) is 6.04 Å². The van der Waals surface area contributed by atoms with E-state index in [-0.39, 0.29) is 0 Å². The fraction of sp³-hybridized carbons (Fsp3) is 0.389. The van der Waals surface area contributed by atoms with E-state index in [1.54, 1.807) is 0 Å². The first kappa shape index (κ1) is 15.1. The molecule has 1 aromatic carbocycles. The average molecular weight is 322 g/mol. The van der Waals surface area contributed by atoms with Crippen LogP contribution in [-0.2, 0) is 26.1 Å². The number of benzene rings is 1. The first-order valence-corrected chi connectivity index (χ1v) is 8.45. The lowest BCUT2D eigenvalue weighted by Gasteiger charge is -2.23. The van der Waals surface area contributed by atoms with Crippen molar-refractivity contribution in [1.82, 2.24) is 29.9 Å². The Labute approximate surface area is 141 Å². The van der Waals surface area contributed by atoms with Gasteiger partial charge in [0.1, 0.15) is 11.6 Å². The molecule has 0 spiro atoms. The van der Waals surface area contributed by atoms with Gasteiger partial charge in [-0.2, -0.15) is 10.2 Å². The number of aromatic nitrogens is 5. The van der Waals surface area contributed by atoms with Gasteiger partial charge in [0, 0.05) is 30.8 Å². The van der Waals surface area contributed by atoms with Gasteiger partial charge < -0.3 is 5.32 Å². The fourth-order valence-corrected chi connectivity index (χ4v) is 3.22. The molecule has 24 heavy (non-hydrogen) atoms. The van der Waals surface area contributed by atoms with Gasteiger partial charge in [0.05, 0.1) is 19.3 Å². The number of rotatable bonds is 5. The molecule has 3 aromatic rings. The van der Waals surface area contributed by atoms with Crippen molar-refractivity contribution in [3.63, 3.8) is 0 Å². The molecular formula is C18H22N6. The standard InChI is InChI=1S/C18H22N6/c1-14-21-18-8-7-17(13-24(18)22-14)19-9-16-10-20-23(12-16)11-15-5-3-2-4-6-15/h2-6,10,12,17,19H,7-9,11,13H2,1H3/t17-/m1/s1. The Hall–Kier alpha value is -2.47. The lowest BCUT2D eigenvalue weighted by molar-refractivity contribution is 0.357. The SMILES string of the molecule is Cc1nc2n(n1)C[C@H](NCc1cnn(Cc3ccccc3)c1)CC2. The highest BCUT2D eigenvalue weighted by molar-refractivity contribution is 5.15. The molecular weight excluding hydrogens is 300 g/mol. The van der Waals surface area contributed by atoms with E-state index in [1.807, 2.05) is 28.6 Å². The summed E-state index contributed by atoms with van der Waals surface area (Å²) in [5.41, 5.74) is 2.48. The fourth-order valence-electron chi connectivity index (χ4n) is 3.22. The van der Waals surface area contributed by atoms with Gasteiger partial charge in [0.2, 0.25) is 0 Å². The summed E-state index contributed by atoms with van der Waals surface area (Å²) in [6.07, 6.45) is 6.17. The molecule has 3 heterocycles. The predicted octanol–water partition coefficient (Wildman–Crippen LogP) is 1.94.